The molecule has 0 radical (unpaired) electrons. The van der Waals surface area contributed by atoms with Crippen LogP contribution in [-0.4, -0.2) is 32.1 Å². The molecule has 1 unspecified atom stereocenters. The van der Waals surface area contributed by atoms with Crippen LogP contribution < -0.4 is 5.32 Å². The maximum Gasteiger partial charge on any atom is 0.347 e. The number of aromatic nitrogens is 3. The summed E-state index contributed by atoms with van der Waals surface area (Å²) in [5, 5.41) is 16.0. The summed E-state index contributed by atoms with van der Waals surface area (Å²) in [4.78, 5) is 31.3. The Hall–Kier alpha value is -2.29. The molecule has 118 valence electrons. The number of aryl methyl sites for hydroxylation is 3. The van der Waals surface area contributed by atoms with Crippen molar-refractivity contribution in [2.45, 2.75) is 39.7 Å². The molecule has 2 aromatic heterocycles. The number of rotatable bonds is 6. The van der Waals surface area contributed by atoms with Gasteiger partial charge in [0.25, 0.3) is 0 Å². The number of nitrogens with zero attached hydrogens (tertiary/aromatic N) is 3. The Morgan fingerprint density at radius 2 is 2.09 bits per heavy atom. The SMILES string of the molecule is Cc1noc(CCC(=O)NC(C)c2nc(C)c(C(=O)O)s2)n1. The molecule has 0 aliphatic rings. The van der Waals surface area contributed by atoms with Gasteiger partial charge in [-0.05, 0) is 20.8 Å². The zero-order valence-electron chi connectivity index (χ0n) is 12.4. The van der Waals surface area contributed by atoms with Crippen LogP contribution in [0.3, 0.4) is 0 Å². The van der Waals surface area contributed by atoms with Crippen molar-refractivity contribution in [3.8, 4) is 0 Å². The minimum atomic E-state index is -1.01. The minimum absolute atomic E-state index is 0.187. The number of carboxylic acid groups (broad SMARTS) is 1. The highest BCUT2D eigenvalue weighted by molar-refractivity contribution is 7.13. The van der Waals surface area contributed by atoms with Crippen molar-refractivity contribution in [3.63, 3.8) is 0 Å². The van der Waals surface area contributed by atoms with Gasteiger partial charge in [0.1, 0.15) is 9.88 Å². The number of hydrogen-bond donors (Lipinski definition) is 2. The zero-order chi connectivity index (χ0) is 16.3. The number of nitrogens with one attached hydrogen (secondary N) is 1. The number of hydrogen-bond acceptors (Lipinski definition) is 7. The van der Waals surface area contributed by atoms with Crippen molar-refractivity contribution >= 4 is 23.2 Å². The van der Waals surface area contributed by atoms with Crippen LogP contribution in [0.1, 0.15) is 51.5 Å². The van der Waals surface area contributed by atoms with Gasteiger partial charge in [0.2, 0.25) is 11.8 Å². The van der Waals surface area contributed by atoms with E-state index in [0.717, 1.165) is 11.3 Å². The molecule has 0 aromatic carbocycles. The van der Waals surface area contributed by atoms with E-state index in [1.807, 2.05) is 0 Å². The van der Waals surface area contributed by atoms with E-state index in [0.29, 0.717) is 28.8 Å². The van der Waals surface area contributed by atoms with Crippen LogP contribution >= 0.6 is 11.3 Å². The fourth-order valence-corrected chi connectivity index (χ4v) is 2.75. The predicted molar refractivity (Wildman–Crippen MR) is 77.7 cm³/mol. The molecule has 0 saturated carbocycles. The predicted octanol–water partition coefficient (Wildman–Crippen LogP) is 1.65. The molecule has 0 bridgehead atoms. The zero-order valence-corrected chi connectivity index (χ0v) is 13.2. The lowest BCUT2D eigenvalue weighted by molar-refractivity contribution is -0.121. The lowest BCUT2D eigenvalue weighted by Gasteiger charge is -2.10. The van der Waals surface area contributed by atoms with Gasteiger partial charge in [-0.1, -0.05) is 5.16 Å². The van der Waals surface area contributed by atoms with Crippen molar-refractivity contribution in [3.05, 3.63) is 27.3 Å². The molecule has 2 aromatic rings. The topological polar surface area (TPSA) is 118 Å². The fraction of sp³-hybridized carbons (Fsp3) is 0.462. The van der Waals surface area contributed by atoms with E-state index in [1.54, 1.807) is 20.8 Å². The smallest absolute Gasteiger partial charge is 0.347 e. The molecule has 8 nitrogen and oxygen atoms in total. The van der Waals surface area contributed by atoms with Gasteiger partial charge >= 0.3 is 5.97 Å². The second-order valence-corrected chi connectivity index (χ2v) is 5.83. The Labute approximate surface area is 130 Å². The summed E-state index contributed by atoms with van der Waals surface area (Å²) in [6.45, 7) is 5.11. The van der Waals surface area contributed by atoms with Gasteiger partial charge in [-0.3, -0.25) is 4.79 Å². The second kappa shape index (κ2) is 6.65. The molecule has 0 saturated heterocycles. The first-order valence-corrected chi connectivity index (χ1v) is 7.47. The van der Waals surface area contributed by atoms with Gasteiger partial charge in [0.05, 0.1) is 11.7 Å². The third kappa shape index (κ3) is 3.88. The third-order valence-corrected chi connectivity index (χ3v) is 4.22. The first-order valence-electron chi connectivity index (χ1n) is 6.66. The first-order chi connectivity index (χ1) is 10.4. The Morgan fingerprint density at radius 3 is 2.64 bits per heavy atom. The van der Waals surface area contributed by atoms with Crippen molar-refractivity contribution in [2.75, 3.05) is 0 Å². The van der Waals surface area contributed by atoms with E-state index in [1.165, 1.54) is 0 Å². The van der Waals surface area contributed by atoms with E-state index in [-0.39, 0.29) is 23.2 Å². The molecule has 2 rings (SSSR count). The summed E-state index contributed by atoms with van der Waals surface area (Å²) < 4.78 is 4.93. The second-order valence-electron chi connectivity index (χ2n) is 4.80. The van der Waals surface area contributed by atoms with Gasteiger partial charge in [-0.2, -0.15) is 4.98 Å². The van der Waals surface area contributed by atoms with Crippen LogP contribution in [0.15, 0.2) is 4.52 Å². The highest BCUT2D eigenvalue weighted by atomic mass is 32.1. The molecule has 9 heteroatoms. The molecule has 2 N–H and O–H groups in total. The average molecular weight is 324 g/mol. The summed E-state index contributed by atoms with van der Waals surface area (Å²) in [7, 11) is 0. The van der Waals surface area contributed by atoms with Gasteiger partial charge in [0.15, 0.2) is 5.82 Å². The molecule has 1 atom stereocenters. The number of aromatic carboxylic acids is 1. The minimum Gasteiger partial charge on any atom is -0.477 e. The Morgan fingerprint density at radius 1 is 1.36 bits per heavy atom. The van der Waals surface area contributed by atoms with E-state index < -0.39 is 5.97 Å². The molecule has 1 amide bonds. The summed E-state index contributed by atoms with van der Waals surface area (Å²) in [6.07, 6.45) is 0.568. The molecule has 0 fully saturated rings. The Bertz CT molecular complexity index is 694. The number of amides is 1. The first kappa shape index (κ1) is 16.1. The molecular formula is C13H16N4O4S. The molecule has 0 spiro atoms. The summed E-state index contributed by atoms with van der Waals surface area (Å²) in [6, 6.07) is -0.353. The van der Waals surface area contributed by atoms with Gasteiger partial charge < -0.3 is 14.9 Å². The van der Waals surface area contributed by atoms with Crippen LogP contribution in [0.4, 0.5) is 0 Å². The lowest BCUT2D eigenvalue weighted by atomic mass is 10.2. The monoisotopic (exact) mass is 324 g/mol. The number of carbonyl (C=O) groups excluding carboxylic acids is 1. The van der Waals surface area contributed by atoms with Crippen LogP contribution in [0.5, 0.6) is 0 Å². The highest BCUT2D eigenvalue weighted by Crippen LogP contribution is 2.23. The van der Waals surface area contributed by atoms with E-state index in [4.69, 9.17) is 9.63 Å². The number of carbonyl (C=O) groups is 2. The molecule has 0 aliphatic heterocycles. The van der Waals surface area contributed by atoms with Gasteiger partial charge in [-0.25, -0.2) is 9.78 Å². The third-order valence-electron chi connectivity index (χ3n) is 2.89. The fourth-order valence-electron chi connectivity index (χ4n) is 1.84. The Balaban J connectivity index is 1.90. The molecular weight excluding hydrogens is 308 g/mol. The maximum absolute atomic E-state index is 11.9. The van der Waals surface area contributed by atoms with Gasteiger partial charge in [0, 0.05) is 12.8 Å². The van der Waals surface area contributed by atoms with E-state index in [9.17, 15) is 9.59 Å². The van der Waals surface area contributed by atoms with E-state index in [2.05, 4.69) is 20.4 Å². The largest absolute Gasteiger partial charge is 0.477 e. The van der Waals surface area contributed by atoms with Crippen molar-refractivity contribution in [2.24, 2.45) is 0 Å². The van der Waals surface area contributed by atoms with Crippen LogP contribution in [0.2, 0.25) is 0 Å². The van der Waals surface area contributed by atoms with Crippen molar-refractivity contribution in [1.29, 1.82) is 0 Å². The standard InChI is InChI=1S/C13H16N4O4S/c1-6-11(13(19)20)22-12(15-6)7(2)14-9(18)4-5-10-16-8(3)17-21-10/h7H,4-5H2,1-3H3,(H,14,18)(H,19,20). The highest BCUT2D eigenvalue weighted by Gasteiger charge is 2.19. The summed E-state index contributed by atoms with van der Waals surface area (Å²) in [5.74, 6) is -0.249. The van der Waals surface area contributed by atoms with Crippen molar-refractivity contribution < 1.29 is 19.2 Å². The van der Waals surface area contributed by atoms with Crippen LogP contribution in [0.25, 0.3) is 0 Å². The van der Waals surface area contributed by atoms with Crippen LogP contribution in [0, 0.1) is 13.8 Å². The number of thiazole rings is 1. The molecule has 0 aliphatic carbocycles. The normalized spacial score (nSPS) is 12.1. The average Bonchev–Trinajstić information content (AvgIpc) is 3.02. The lowest BCUT2D eigenvalue weighted by Crippen LogP contribution is -2.26. The Kier molecular flexibility index (Phi) is 4.86. The summed E-state index contributed by atoms with van der Waals surface area (Å²) >= 11 is 1.07. The number of carboxylic acids is 1. The van der Waals surface area contributed by atoms with Crippen molar-refractivity contribution in [1.82, 2.24) is 20.4 Å². The molecule has 22 heavy (non-hydrogen) atoms. The van der Waals surface area contributed by atoms with Gasteiger partial charge in [-0.15, -0.1) is 11.3 Å². The van der Waals surface area contributed by atoms with Crippen LogP contribution in [-0.2, 0) is 11.2 Å². The van der Waals surface area contributed by atoms with E-state index >= 15 is 0 Å². The summed E-state index contributed by atoms with van der Waals surface area (Å²) in [5.41, 5.74) is 0.454. The molecule has 2 heterocycles. The quantitative estimate of drug-likeness (QED) is 0.829. The maximum atomic E-state index is 11.9.